The third kappa shape index (κ3) is 5.30. The normalized spacial score (nSPS) is 13.9. The highest BCUT2D eigenvalue weighted by Gasteiger charge is 2.21. The zero-order chi connectivity index (χ0) is 12.7. The third-order valence-corrected chi connectivity index (χ3v) is 2.03. The van der Waals surface area contributed by atoms with Gasteiger partial charge in [0.2, 0.25) is 5.91 Å². The van der Waals surface area contributed by atoms with Crippen LogP contribution < -0.4 is 11.1 Å². The first-order valence-electron chi connectivity index (χ1n) is 4.89. The van der Waals surface area contributed by atoms with Crippen LogP contribution in [0.2, 0.25) is 0 Å². The van der Waals surface area contributed by atoms with E-state index < -0.39 is 29.9 Å². The van der Waals surface area contributed by atoms with E-state index >= 15 is 0 Å². The van der Waals surface area contributed by atoms with Crippen LogP contribution in [0, 0.1) is 0 Å². The van der Waals surface area contributed by atoms with Crippen molar-refractivity contribution >= 4 is 17.8 Å². The van der Waals surface area contributed by atoms with Crippen LogP contribution in [0.3, 0.4) is 0 Å². The Morgan fingerprint density at radius 1 is 1.31 bits per heavy atom. The number of aliphatic carboxylic acids is 2. The van der Waals surface area contributed by atoms with Gasteiger partial charge in [0, 0.05) is 6.42 Å². The number of carboxylic acids is 2. The summed E-state index contributed by atoms with van der Waals surface area (Å²) < 4.78 is 0. The van der Waals surface area contributed by atoms with E-state index in [0.717, 1.165) is 0 Å². The fourth-order valence-electron chi connectivity index (χ4n) is 1.03. The lowest BCUT2D eigenvalue weighted by molar-refractivity contribution is -0.142. The second-order valence-corrected chi connectivity index (χ2v) is 3.35. The lowest BCUT2D eigenvalue weighted by Gasteiger charge is -2.15. The van der Waals surface area contributed by atoms with Gasteiger partial charge >= 0.3 is 11.9 Å². The maximum atomic E-state index is 11.3. The number of carbonyl (C=O) groups is 3. The van der Waals surface area contributed by atoms with Crippen LogP contribution in [0.1, 0.15) is 26.2 Å². The Labute approximate surface area is 92.6 Å². The average molecular weight is 232 g/mol. The van der Waals surface area contributed by atoms with E-state index in [4.69, 9.17) is 15.9 Å². The number of rotatable bonds is 7. The Bertz CT molecular complexity index is 279. The summed E-state index contributed by atoms with van der Waals surface area (Å²) in [6.45, 7) is 1.61. The minimum Gasteiger partial charge on any atom is -0.481 e. The second kappa shape index (κ2) is 6.78. The molecule has 0 radical (unpaired) electrons. The van der Waals surface area contributed by atoms with Gasteiger partial charge in [0.05, 0.1) is 6.04 Å². The minimum absolute atomic E-state index is 0.0166. The summed E-state index contributed by atoms with van der Waals surface area (Å²) in [5.74, 6) is -2.83. The van der Waals surface area contributed by atoms with Crippen molar-refractivity contribution in [1.82, 2.24) is 5.32 Å². The van der Waals surface area contributed by atoms with E-state index in [1.54, 1.807) is 6.92 Å². The molecule has 7 heteroatoms. The number of nitrogens with one attached hydrogen (secondary N) is 1. The summed E-state index contributed by atoms with van der Waals surface area (Å²) in [4.78, 5) is 32.2. The lowest BCUT2D eigenvalue weighted by Crippen LogP contribution is -2.48. The van der Waals surface area contributed by atoms with Gasteiger partial charge in [-0.1, -0.05) is 6.92 Å². The van der Waals surface area contributed by atoms with E-state index in [1.165, 1.54) is 0 Å². The fraction of sp³-hybridized carbons (Fsp3) is 0.667. The van der Waals surface area contributed by atoms with E-state index in [0.29, 0.717) is 0 Å². The lowest BCUT2D eigenvalue weighted by atomic mass is 10.1. The monoisotopic (exact) mass is 232 g/mol. The molecular formula is C9H16N2O5. The van der Waals surface area contributed by atoms with Crippen LogP contribution in [0.15, 0.2) is 0 Å². The minimum atomic E-state index is -1.14. The van der Waals surface area contributed by atoms with Crippen LogP contribution in [0.25, 0.3) is 0 Å². The molecule has 2 unspecified atom stereocenters. The second-order valence-electron chi connectivity index (χ2n) is 3.35. The van der Waals surface area contributed by atoms with Crippen LogP contribution in [0.5, 0.6) is 0 Å². The molecule has 0 heterocycles. The Morgan fingerprint density at radius 3 is 2.25 bits per heavy atom. The summed E-state index contributed by atoms with van der Waals surface area (Å²) >= 11 is 0. The van der Waals surface area contributed by atoms with E-state index in [-0.39, 0.29) is 19.3 Å². The van der Waals surface area contributed by atoms with Gasteiger partial charge in [0.25, 0.3) is 0 Å². The average Bonchev–Trinajstić information content (AvgIpc) is 2.21. The molecule has 0 aliphatic rings. The van der Waals surface area contributed by atoms with Crippen LogP contribution in [-0.2, 0) is 14.4 Å². The molecule has 0 aromatic heterocycles. The predicted molar refractivity (Wildman–Crippen MR) is 54.7 cm³/mol. The molecule has 0 bridgehead atoms. The highest BCUT2D eigenvalue weighted by atomic mass is 16.4. The highest BCUT2D eigenvalue weighted by Crippen LogP contribution is 1.97. The first-order valence-corrected chi connectivity index (χ1v) is 4.89. The zero-order valence-corrected chi connectivity index (χ0v) is 8.97. The third-order valence-electron chi connectivity index (χ3n) is 2.03. The van der Waals surface area contributed by atoms with Crippen molar-refractivity contribution in [1.29, 1.82) is 0 Å². The molecule has 0 fully saturated rings. The van der Waals surface area contributed by atoms with Crippen molar-refractivity contribution in [2.45, 2.75) is 38.3 Å². The largest absolute Gasteiger partial charge is 0.481 e. The SMILES string of the molecule is CCC(NC(=O)C(N)CCC(=O)O)C(=O)O. The summed E-state index contributed by atoms with van der Waals surface area (Å²) in [5, 5.41) is 19.3. The summed E-state index contributed by atoms with van der Waals surface area (Å²) in [6, 6.07) is -1.98. The smallest absolute Gasteiger partial charge is 0.326 e. The molecule has 2 atom stereocenters. The van der Waals surface area contributed by atoms with Crippen molar-refractivity contribution < 1.29 is 24.6 Å². The van der Waals surface area contributed by atoms with Crippen molar-refractivity contribution in [2.24, 2.45) is 5.73 Å². The Kier molecular flexibility index (Phi) is 6.09. The van der Waals surface area contributed by atoms with Gasteiger partial charge in [-0.25, -0.2) is 4.79 Å². The summed E-state index contributed by atoms with van der Waals surface area (Å²) in [6.07, 6.45) is 0.00237. The Morgan fingerprint density at radius 2 is 1.88 bits per heavy atom. The van der Waals surface area contributed by atoms with Gasteiger partial charge in [-0.3, -0.25) is 9.59 Å². The number of amides is 1. The topological polar surface area (TPSA) is 130 Å². The number of carboxylic acid groups (broad SMARTS) is 2. The first kappa shape index (κ1) is 14.4. The maximum absolute atomic E-state index is 11.3. The molecule has 0 aromatic rings. The molecule has 0 aromatic carbocycles. The molecule has 0 saturated carbocycles. The van der Waals surface area contributed by atoms with Crippen molar-refractivity contribution in [3.8, 4) is 0 Å². The standard InChI is InChI=1S/C9H16N2O5/c1-2-6(9(15)16)11-8(14)5(10)3-4-7(12)13/h5-6H,2-4,10H2,1H3,(H,11,14)(H,12,13)(H,15,16). The molecule has 92 valence electrons. The predicted octanol–water partition coefficient (Wildman–Crippen LogP) is -0.842. The highest BCUT2D eigenvalue weighted by molar-refractivity contribution is 5.87. The summed E-state index contributed by atoms with van der Waals surface area (Å²) in [5.41, 5.74) is 5.40. The molecule has 0 spiro atoms. The van der Waals surface area contributed by atoms with E-state index in [9.17, 15) is 14.4 Å². The molecule has 0 saturated heterocycles. The number of hydrogen-bond acceptors (Lipinski definition) is 4. The zero-order valence-electron chi connectivity index (χ0n) is 8.97. The first-order chi connectivity index (χ1) is 7.38. The number of carbonyl (C=O) groups excluding carboxylic acids is 1. The van der Waals surface area contributed by atoms with Gasteiger partial charge in [-0.05, 0) is 12.8 Å². The summed E-state index contributed by atoms with van der Waals surface area (Å²) in [7, 11) is 0. The van der Waals surface area contributed by atoms with Gasteiger partial charge in [0.1, 0.15) is 6.04 Å². The van der Waals surface area contributed by atoms with Crippen molar-refractivity contribution in [3.63, 3.8) is 0 Å². The van der Waals surface area contributed by atoms with E-state index in [2.05, 4.69) is 5.32 Å². The fourth-order valence-corrected chi connectivity index (χ4v) is 1.03. The molecule has 1 amide bonds. The molecule has 5 N–H and O–H groups in total. The van der Waals surface area contributed by atoms with Crippen molar-refractivity contribution in [2.75, 3.05) is 0 Å². The van der Waals surface area contributed by atoms with Gasteiger partial charge in [0.15, 0.2) is 0 Å². The quantitative estimate of drug-likeness (QED) is 0.452. The van der Waals surface area contributed by atoms with Crippen molar-refractivity contribution in [3.05, 3.63) is 0 Å². The molecule has 0 rings (SSSR count). The molecule has 16 heavy (non-hydrogen) atoms. The van der Waals surface area contributed by atoms with Crippen LogP contribution in [-0.4, -0.2) is 40.1 Å². The Balaban J connectivity index is 4.13. The molecule has 0 aliphatic heterocycles. The van der Waals surface area contributed by atoms with Gasteiger partial charge < -0.3 is 21.3 Å². The maximum Gasteiger partial charge on any atom is 0.326 e. The number of nitrogens with two attached hydrogens (primary N) is 1. The number of hydrogen-bond donors (Lipinski definition) is 4. The molecule has 0 aliphatic carbocycles. The van der Waals surface area contributed by atoms with Crippen LogP contribution in [0.4, 0.5) is 0 Å². The molecular weight excluding hydrogens is 216 g/mol. The molecule has 7 nitrogen and oxygen atoms in total. The Hall–Kier alpha value is -1.63. The van der Waals surface area contributed by atoms with E-state index in [1.807, 2.05) is 0 Å². The van der Waals surface area contributed by atoms with Gasteiger partial charge in [-0.15, -0.1) is 0 Å². The van der Waals surface area contributed by atoms with Gasteiger partial charge in [-0.2, -0.15) is 0 Å². The van der Waals surface area contributed by atoms with Crippen LogP contribution >= 0.6 is 0 Å².